The Bertz CT molecular complexity index is 461. The largest absolute Gasteiger partial charge is 0.356 e. The number of nitrogens with one attached hydrogen (secondary N) is 1. The van der Waals surface area contributed by atoms with Gasteiger partial charge >= 0.3 is 0 Å². The van der Waals surface area contributed by atoms with E-state index in [1.807, 2.05) is 12.1 Å². The van der Waals surface area contributed by atoms with Gasteiger partial charge in [0.2, 0.25) is 0 Å². The molecule has 0 fully saturated rings. The maximum atomic E-state index is 10.6. The van der Waals surface area contributed by atoms with Crippen LogP contribution in [0.4, 0.5) is 0 Å². The van der Waals surface area contributed by atoms with Gasteiger partial charge in [-0.2, -0.15) is 0 Å². The van der Waals surface area contributed by atoms with Crippen LogP contribution in [0.1, 0.15) is 119 Å². The van der Waals surface area contributed by atoms with E-state index in [1.165, 1.54) is 102 Å². The SMILES string of the molecule is CCCCCC/C=C\CCCCCCCCCCCc1ccc(C=O)[nH]1. The first-order valence-electron chi connectivity index (χ1n) is 11.1. The lowest BCUT2D eigenvalue weighted by Crippen LogP contribution is -1.88. The number of carbonyl (C=O) groups excluding carboxylic acids is 1. The van der Waals surface area contributed by atoms with Gasteiger partial charge in [0.25, 0.3) is 0 Å². The van der Waals surface area contributed by atoms with E-state index in [2.05, 4.69) is 24.1 Å². The summed E-state index contributed by atoms with van der Waals surface area (Å²) in [6, 6.07) is 3.90. The summed E-state index contributed by atoms with van der Waals surface area (Å²) in [5.74, 6) is 0. The molecule has 0 saturated carbocycles. The molecule has 0 atom stereocenters. The summed E-state index contributed by atoms with van der Waals surface area (Å²) in [4.78, 5) is 13.8. The smallest absolute Gasteiger partial charge is 0.166 e. The molecule has 0 aliphatic rings. The van der Waals surface area contributed by atoms with Gasteiger partial charge in [-0.1, -0.05) is 83.3 Å². The third kappa shape index (κ3) is 13.0. The Labute approximate surface area is 161 Å². The molecule has 1 aromatic rings. The first-order valence-corrected chi connectivity index (χ1v) is 11.1. The van der Waals surface area contributed by atoms with Crippen LogP contribution in [0, 0.1) is 0 Å². The average molecular weight is 360 g/mol. The van der Waals surface area contributed by atoms with E-state index >= 15 is 0 Å². The standard InChI is InChI=1S/C24H41NO/c1-2-3-4-5-6-7-8-9-10-11-12-13-14-15-16-17-18-19-23-20-21-24(22-26)25-23/h7-8,20-22,25H,2-6,9-19H2,1H3/b8-7-. The Morgan fingerprint density at radius 2 is 1.27 bits per heavy atom. The number of aromatic amines is 1. The molecule has 0 saturated heterocycles. The van der Waals surface area contributed by atoms with Crippen LogP contribution in [0.5, 0.6) is 0 Å². The normalized spacial score (nSPS) is 11.4. The quantitative estimate of drug-likeness (QED) is 0.162. The second-order valence-corrected chi connectivity index (χ2v) is 7.60. The van der Waals surface area contributed by atoms with Gasteiger partial charge in [-0.25, -0.2) is 0 Å². The van der Waals surface area contributed by atoms with Crippen molar-refractivity contribution in [2.24, 2.45) is 0 Å². The van der Waals surface area contributed by atoms with E-state index in [1.54, 1.807) is 0 Å². The summed E-state index contributed by atoms with van der Waals surface area (Å²) < 4.78 is 0. The van der Waals surface area contributed by atoms with Crippen molar-refractivity contribution in [1.82, 2.24) is 4.98 Å². The molecule has 2 heteroatoms. The first kappa shape index (κ1) is 22.7. The molecule has 0 radical (unpaired) electrons. The Hall–Kier alpha value is -1.31. The molecule has 1 N–H and O–H groups in total. The zero-order valence-corrected chi connectivity index (χ0v) is 17.1. The minimum atomic E-state index is 0.697. The van der Waals surface area contributed by atoms with E-state index in [0.717, 1.165) is 12.7 Å². The zero-order chi connectivity index (χ0) is 18.7. The van der Waals surface area contributed by atoms with E-state index in [4.69, 9.17) is 0 Å². The number of aryl methyl sites for hydroxylation is 1. The van der Waals surface area contributed by atoms with Crippen LogP contribution in [0.25, 0.3) is 0 Å². The fourth-order valence-electron chi connectivity index (χ4n) is 3.41. The monoisotopic (exact) mass is 359 g/mol. The zero-order valence-electron chi connectivity index (χ0n) is 17.1. The van der Waals surface area contributed by atoms with Crippen molar-refractivity contribution in [3.05, 3.63) is 35.7 Å². The van der Waals surface area contributed by atoms with Gasteiger partial charge in [0, 0.05) is 5.69 Å². The van der Waals surface area contributed by atoms with Crippen molar-refractivity contribution in [3.63, 3.8) is 0 Å². The fraction of sp³-hybridized carbons (Fsp3) is 0.708. The van der Waals surface area contributed by atoms with Gasteiger partial charge in [-0.05, 0) is 50.7 Å². The minimum Gasteiger partial charge on any atom is -0.356 e. The van der Waals surface area contributed by atoms with Crippen LogP contribution in [-0.4, -0.2) is 11.3 Å². The lowest BCUT2D eigenvalue weighted by atomic mass is 10.0. The lowest BCUT2D eigenvalue weighted by Gasteiger charge is -2.02. The van der Waals surface area contributed by atoms with Gasteiger partial charge in [-0.15, -0.1) is 0 Å². The number of carbonyl (C=O) groups is 1. The number of hydrogen-bond acceptors (Lipinski definition) is 1. The third-order valence-electron chi connectivity index (χ3n) is 5.10. The second kappa shape index (κ2) is 17.1. The van der Waals surface area contributed by atoms with Crippen molar-refractivity contribution in [3.8, 4) is 0 Å². The predicted molar refractivity (Wildman–Crippen MR) is 114 cm³/mol. The third-order valence-corrected chi connectivity index (χ3v) is 5.10. The molecule has 0 spiro atoms. The molecular weight excluding hydrogens is 318 g/mol. The maximum Gasteiger partial charge on any atom is 0.166 e. The number of H-pyrrole nitrogens is 1. The van der Waals surface area contributed by atoms with Gasteiger partial charge in [0.1, 0.15) is 0 Å². The Morgan fingerprint density at radius 3 is 1.81 bits per heavy atom. The highest BCUT2D eigenvalue weighted by molar-refractivity contribution is 5.71. The van der Waals surface area contributed by atoms with E-state index in [0.29, 0.717) is 5.69 Å². The summed E-state index contributed by atoms with van der Waals surface area (Å²) in [6.45, 7) is 2.27. The summed E-state index contributed by atoms with van der Waals surface area (Å²) in [7, 11) is 0. The number of aldehydes is 1. The molecule has 1 heterocycles. The van der Waals surface area contributed by atoms with Crippen LogP contribution in [0.2, 0.25) is 0 Å². The van der Waals surface area contributed by atoms with Crippen molar-refractivity contribution in [2.75, 3.05) is 0 Å². The summed E-state index contributed by atoms with van der Waals surface area (Å²) >= 11 is 0. The Balaban J connectivity index is 1.76. The number of hydrogen-bond donors (Lipinski definition) is 1. The van der Waals surface area contributed by atoms with Crippen LogP contribution >= 0.6 is 0 Å². The van der Waals surface area contributed by atoms with Crippen LogP contribution in [-0.2, 0) is 6.42 Å². The summed E-state index contributed by atoms with van der Waals surface area (Å²) in [5, 5.41) is 0. The molecule has 0 unspecified atom stereocenters. The minimum absolute atomic E-state index is 0.697. The van der Waals surface area contributed by atoms with E-state index in [9.17, 15) is 4.79 Å². The summed E-state index contributed by atoms with van der Waals surface area (Å²) in [6.07, 6.45) is 27.0. The molecule has 0 aliphatic heterocycles. The van der Waals surface area contributed by atoms with Crippen molar-refractivity contribution in [1.29, 1.82) is 0 Å². The predicted octanol–water partition coefficient (Wildman–Crippen LogP) is 7.80. The molecule has 148 valence electrons. The molecule has 0 amide bonds. The number of rotatable bonds is 18. The molecular formula is C24H41NO. The van der Waals surface area contributed by atoms with E-state index < -0.39 is 0 Å². The number of aromatic nitrogens is 1. The molecule has 0 aromatic carbocycles. The topological polar surface area (TPSA) is 32.9 Å². The average Bonchev–Trinajstić information content (AvgIpc) is 3.12. The molecule has 26 heavy (non-hydrogen) atoms. The molecule has 0 bridgehead atoms. The lowest BCUT2D eigenvalue weighted by molar-refractivity contribution is 0.111. The molecule has 0 aliphatic carbocycles. The fourth-order valence-corrected chi connectivity index (χ4v) is 3.41. The maximum absolute atomic E-state index is 10.6. The van der Waals surface area contributed by atoms with Gasteiger partial charge in [0.15, 0.2) is 6.29 Å². The van der Waals surface area contributed by atoms with Crippen molar-refractivity contribution in [2.45, 2.75) is 110 Å². The van der Waals surface area contributed by atoms with Crippen molar-refractivity contribution >= 4 is 6.29 Å². The highest BCUT2D eigenvalue weighted by atomic mass is 16.1. The van der Waals surface area contributed by atoms with Crippen LogP contribution in [0.3, 0.4) is 0 Å². The Morgan fingerprint density at radius 1 is 0.731 bits per heavy atom. The van der Waals surface area contributed by atoms with Crippen molar-refractivity contribution < 1.29 is 4.79 Å². The summed E-state index contributed by atoms with van der Waals surface area (Å²) in [5.41, 5.74) is 1.89. The van der Waals surface area contributed by atoms with Crippen LogP contribution < -0.4 is 0 Å². The highest BCUT2D eigenvalue weighted by Crippen LogP contribution is 2.13. The second-order valence-electron chi connectivity index (χ2n) is 7.60. The van der Waals surface area contributed by atoms with Crippen LogP contribution in [0.15, 0.2) is 24.3 Å². The van der Waals surface area contributed by atoms with Gasteiger partial charge in [-0.3, -0.25) is 4.79 Å². The number of unbranched alkanes of at least 4 members (excludes halogenated alkanes) is 13. The first-order chi connectivity index (χ1) is 12.9. The van der Waals surface area contributed by atoms with Gasteiger partial charge < -0.3 is 4.98 Å². The highest BCUT2D eigenvalue weighted by Gasteiger charge is 1.98. The molecule has 1 rings (SSSR count). The Kier molecular flexibility index (Phi) is 15.0. The number of allylic oxidation sites excluding steroid dienone is 2. The molecule has 1 aromatic heterocycles. The van der Waals surface area contributed by atoms with E-state index in [-0.39, 0.29) is 0 Å². The molecule has 2 nitrogen and oxygen atoms in total. The van der Waals surface area contributed by atoms with Gasteiger partial charge in [0.05, 0.1) is 5.69 Å².